The van der Waals surface area contributed by atoms with Gasteiger partial charge in [-0.2, -0.15) is 0 Å². The molecule has 2 aromatic carbocycles. The molecule has 1 unspecified atom stereocenters. The van der Waals surface area contributed by atoms with E-state index in [1.165, 1.54) is 0 Å². The lowest BCUT2D eigenvalue weighted by molar-refractivity contribution is 0.0912. The summed E-state index contributed by atoms with van der Waals surface area (Å²) in [6, 6.07) is 11.1. The quantitative estimate of drug-likeness (QED) is 0.454. The molecule has 2 N–H and O–H groups in total. The molecule has 4 nitrogen and oxygen atoms in total. The number of nitrogens with one attached hydrogen (secondary N) is 2. The molecule has 0 saturated heterocycles. The van der Waals surface area contributed by atoms with Gasteiger partial charge in [-0.25, -0.2) is 0 Å². The van der Waals surface area contributed by atoms with Gasteiger partial charge < -0.3 is 10.6 Å². The third-order valence-corrected chi connectivity index (χ3v) is 6.34. The van der Waals surface area contributed by atoms with Gasteiger partial charge in [-0.3, -0.25) is 9.59 Å². The van der Waals surface area contributed by atoms with E-state index in [1.807, 2.05) is 43.3 Å². The van der Waals surface area contributed by atoms with Gasteiger partial charge in [0, 0.05) is 32.7 Å². The third-order valence-electron chi connectivity index (χ3n) is 5.02. The standard InChI is InChI=1S/C25H32Br2N2O2/c1-15(29-23(31)17-9-11-19(21(27)13-17)25(5,6)7)14-28-22(30)16-8-10-18(20(26)12-16)24(2,3)4/h8-13,15H,14H2,1-7H3,(H,28,30)(H,29,31). The van der Waals surface area contributed by atoms with Crippen LogP contribution in [-0.4, -0.2) is 24.4 Å². The molecule has 168 valence electrons. The lowest BCUT2D eigenvalue weighted by atomic mass is 9.86. The van der Waals surface area contributed by atoms with Gasteiger partial charge in [0.05, 0.1) is 0 Å². The predicted molar refractivity (Wildman–Crippen MR) is 135 cm³/mol. The maximum atomic E-state index is 12.6. The number of hydrogen-bond acceptors (Lipinski definition) is 2. The number of amides is 2. The summed E-state index contributed by atoms with van der Waals surface area (Å²) in [6.07, 6.45) is 0. The van der Waals surface area contributed by atoms with Gasteiger partial charge in [0.15, 0.2) is 0 Å². The van der Waals surface area contributed by atoms with E-state index in [1.54, 1.807) is 0 Å². The summed E-state index contributed by atoms with van der Waals surface area (Å²) in [5.74, 6) is -0.334. The van der Waals surface area contributed by atoms with Crippen LogP contribution in [0, 0.1) is 0 Å². The van der Waals surface area contributed by atoms with Gasteiger partial charge in [-0.15, -0.1) is 0 Å². The molecule has 0 spiro atoms. The van der Waals surface area contributed by atoms with Crippen molar-refractivity contribution in [2.45, 2.75) is 65.3 Å². The zero-order chi connectivity index (χ0) is 23.6. The summed E-state index contributed by atoms with van der Waals surface area (Å²) in [6.45, 7) is 15.0. The molecule has 0 saturated carbocycles. The van der Waals surface area contributed by atoms with Crippen molar-refractivity contribution in [3.05, 3.63) is 67.6 Å². The highest BCUT2D eigenvalue weighted by Crippen LogP contribution is 2.31. The van der Waals surface area contributed by atoms with Gasteiger partial charge in [0.25, 0.3) is 11.8 Å². The van der Waals surface area contributed by atoms with E-state index in [0.717, 1.165) is 20.1 Å². The Morgan fingerprint density at radius 1 is 0.806 bits per heavy atom. The van der Waals surface area contributed by atoms with Crippen molar-refractivity contribution in [2.75, 3.05) is 6.54 Å². The first-order valence-corrected chi connectivity index (χ1v) is 12.0. The zero-order valence-corrected chi connectivity index (χ0v) is 22.5. The fourth-order valence-corrected chi connectivity index (χ4v) is 5.18. The van der Waals surface area contributed by atoms with E-state index in [9.17, 15) is 9.59 Å². The van der Waals surface area contributed by atoms with Crippen LogP contribution in [0.3, 0.4) is 0 Å². The predicted octanol–water partition coefficient (Wildman–Crippen LogP) is 6.35. The highest BCUT2D eigenvalue weighted by Gasteiger charge is 2.20. The van der Waals surface area contributed by atoms with Crippen molar-refractivity contribution in [1.29, 1.82) is 0 Å². The van der Waals surface area contributed by atoms with E-state index >= 15 is 0 Å². The van der Waals surface area contributed by atoms with Crippen molar-refractivity contribution >= 4 is 43.7 Å². The van der Waals surface area contributed by atoms with Crippen molar-refractivity contribution < 1.29 is 9.59 Å². The van der Waals surface area contributed by atoms with Crippen molar-refractivity contribution in [3.8, 4) is 0 Å². The average Bonchev–Trinajstić information content (AvgIpc) is 2.63. The van der Waals surface area contributed by atoms with Crippen molar-refractivity contribution in [2.24, 2.45) is 0 Å². The fourth-order valence-electron chi connectivity index (χ4n) is 3.24. The first kappa shape index (κ1) is 25.6. The second-order valence-corrected chi connectivity index (χ2v) is 11.7. The molecule has 31 heavy (non-hydrogen) atoms. The number of carbonyl (C=O) groups excluding carboxylic acids is 2. The molecule has 0 fully saturated rings. The highest BCUT2D eigenvalue weighted by molar-refractivity contribution is 9.10. The van der Waals surface area contributed by atoms with E-state index in [4.69, 9.17) is 0 Å². The number of hydrogen-bond donors (Lipinski definition) is 2. The molecular weight excluding hydrogens is 520 g/mol. The highest BCUT2D eigenvalue weighted by atomic mass is 79.9. The molecule has 0 heterocycles. The zero-order valence-electron chi connectivity index (χ0n) is 19.3. The van der Waals surface area contributed by atoms with Crippen LogP contribution in [0.1, 0.15) is 80.3 Å². The van der Waals surface area contributed by atoms with Crippen LogP contribution in [-0.2, 0) is 10.8 Å². The Kier molecular flexibility index (Phi) is 8.15. The smallest absolute Gasteiger partial charge is 0.251 e. The first-order valence-electron chi connectivity index (χ1n) is 10.4. The lowest BCUT2D eigenvalue weighted by Crippen LogP contribution is -2.41. The van der Waals surface area contributed by atoms with Gasteiger partial charge >= 0.3 is 0 Å². The van der Waals surface area contributed by atoms with E-state index in [2.05, 4.69) is 84.0 Å². The second-order valence-electron chi connectivity index (χ2n) is 9.97. The molecule has 6 heteroatoms. The molecule has 2 aromatic rings. The monoisotopic (exact) mass is 550 g/mol. The van der Waals surface area contributed by atoms with E-state index in [0.29, 0.717) is 17.7 Å². The van der Waals surface area contributed by atoms with Crippen LogP contribution in [0.15, 0.2) is 45.3 Å². The SMILES string of the molecule is CC(CNC(=O)c1ccc(C(C)(C)C)c(Br)c1)NC(=O)c1ccc(C(C)(C)C)c(Br)c1. The number of rotatable bonds is 5. The van der Waals surface area contributed by atoms with Crippen LogP contribution in [0.5, 0.6) is 0 Å². The molecule has 0 aliphatic carbocycles. The molecule has 0 aromatic heterocycles. The Bertz CT molecular complexity index is 972. The Hall–Kier alpha value is -1.66. The summed E-state index contributed by atoms with van der Waals surface area (Å²) in [5.41, 5.74) is 3.44. The van der Waals surface area contributed by atoms with Crippen LogP contribution in [0.4, 0.5) is 0 Å². The maximum Gasteiger partial charge on any atom is 0.251 e. The summed E-state index contributed by atoms with van der Waals surface area (Å²) in [4.78, 5) is 25.2. The van der Waals surface area contributed by atoms with Crippen LogP contribution < -0.4 is 10.6 Å². The number of carbonyl (C=O) groups is 2. The summed E-state index contributed by atoms with van der Waals surface area (Å²) in [7, 11) is 0. The number of halogens is 2. The van der Waals surface area contributed by atoms with Gasteiger partial charge in [-0.05, 0) is 53.1 Å². The molecular formula is C25H32Br2N2O2. The summed E-state index contributed by atoms with van der Waals surface area (Å²) in [5, 5.41) is 5.84. The third kappa shape index (κ3) is 6.91. The minimum Gasteiger partial charge on any atom is -0.350 e. The van der Waals surface area contributed by atoms with Crippen molar-refractivity contribution in [3.63, 3.8) is 0 Å². The average molecular weight is 552 g/mol. The largest absolute Gasteiger partial charge is 0.350 e. The van der Waals surface area contributed by atoms with Crippen LogP contribution in [0.2, 0.25) is 0 Å². The van der Waals surface area contributed by atoms with Gasteiger partial charge in [0.1, 0.15) is 0 Å². The van der Waals surface area contributed by atoms with Gasteiger partial charge in [0.2, 0.25) is 0 Å². The normalized spacial score (nSPS) is 12.9. The Balaban J connectivity index is 1.96. The maximum absolute atomic E-state index is 12.6. The molecule has 0 aliphatic heterocycles. The molecule has 1 atom stereocenters. The van der Waals surface area contributed by atoms with Crippen LogP contribution >= 0.6 is 31.9 Å². The topological polar surface area (TPSA) is 58.2 Å². The van der Waals surface area contributed by atoms with E-state index in [-0.39, 0.29) is 28.7 Å². The Labute approximate surface area is 202 Å². The lowest BCUT2D eigenvalue weighted by Gasteiger charge is -2.22. The number of benzene rings is 2. The minimum atomic E-state index is -0.213. The Morgan fingerprint density at radius 2 is 1.23 bits per heavy atom. The molecule has 2 amide bonds. The van der Waals surface area contributed by atoms with Crippen molar-refractivity contribution in [1.82, 2.24) is 10.6 Å². The first-order chi connectivity index (χ1) is 14.2. The Morgan fingerprint density at radius 3 is 1.61 bits per heavy atom. The molecule has 2 rings (SSSR count). The molecule has 0 radical (unpaired) electrons. The molecule has 0 aliphatic rings. The minimum absolute atomic E-state index is 0.00723. The summed E-state index contributed by atoms with van der Waals surface area (Å²) < 4.78 is 1.83. The van der Waals surface area contributed by atoms with Gasteiger partial charge in [-0.1, -0.05) is 85.5 Å². The second kappa shape index (κ2) is 9.86. The summed E-state index contributed by atoms with van der Waals surface area (Å²) >= 11 is 7.15. The van der Waals surface area contributed by atoms with Crippen LogP contribution in [0.25, 0.3) is 0 Å². The van der Waals surface area contributed by atoms with E-state index < -0.39 is 0 Å². The fraction of sp³-hybridized carbons (Fsp3) is 0.440. The molecule has 0 bridgehead atoms.